The van der Waals surface area contributed by atoms with E-state index < -0.39 is 0 Å². The molecule has 1 aromatic carbocycles. The van der Waals surface area contributed by atoms with Crippen LogP contribution in [0.15, 0.2) is 24.3 Å². The van der Waals surface area contributed by atoms with Crippen molar-refractivity contribution in [2.75, 3.05) is 0 Å². The Hall–Kier alpha value is 0.0800. The van der Waals surface area contributed by atoms with E-state index in [0.29, 0.717) is 0 Å². The quantitative estimate of drug-likeness (QED) is 0.228. The van der Waals surface area contributed by atoms with E-state index in [1.54, 1.807) is 166 Å². The second-order valence-electron chi connectivity index (χ2n) is 32.2. The minimum absolute atomic E-state index is 0.0562. The summed E-state index contributed by atoms with van der Waals surface area (Å²) in [5, 5.41) is 3.10. The van der Waals surface area contributed by atoms with Gasteiger partial charge in [0.1, 0.15) is 0 Å². The summed E-state index contributed by atoms with van der Waals surface area (Å²) >= 11 is 0. The van der Waals surface area contributed by atoms with Gasteiger partial charge in [-0.1, -0.05) is 40.1 Å². The van der Waals surface area contributed by atoms with Crippen LogP contribution in [0.4, 0.5) is 0 Å². The summed E-state index contributed by atoms with van der Waals surface area (Å²) in [6.45, 7) is 0. The topological polar surface area (TPSA) is 0 Å². The van der Waals surface area contributed by atoms with E-state index in [2.05, 4.69) is 35.4 Å². The van der Waals surface area contributed by atoms with Gasteiger partial charge < -0.3 is 0 Å². The van der Waals surface area contributed by atoms with Gasteiger partial charge in [-0.05, 0) is 364 Å². The monoisotopic (exact) mass is 915 g/mol. The zero-order valence-electron chi connectivity index (χ0n) is 40.8. The van der Waals surface area contributed by atoms with Gasteiger partial charge in [0, 0.05) is 0 Å². The molecule has 0 heterocycles. The molecular weight excluding hydrogens is 831 g/mol. The van der Waals surface area contributed by atoms with E-state index in [1.165, 1.54) is 23.7 Å². The summed E-state index contributed by atoms with van der Waals surface area (Å²) in [5.74, 6) is 32.2. The van der Waals surface area contributed by atoms with Gasteiger partial charge in [-0.2, -0.15) is 0 Å². The highest BCUT2D eigenvalue weighted by Crippen LogP contribution is 2.93. The van der Waals surface area contributed by atoms with Gasteiger partial charge in [-0.25, -0.2) is 0 Å². The van der Waals surface area contributed by atoms with Crippen LogP contribution in [0.25, 0.3) is 0 Å². The Morgan fingerprint density at radius 2 is 0.485 bits per heavy atom. The molecule has 0 saturated heterocycles. The van der Waals surface area contributed by atoms with Crippen LogP contribution in [0.3, 0.4) is 0 Å². The molecule has 28 fully saturated rings. The van der Waals surface area contributed by atoms with Crippen molar-refractivity contribution < 1.29 is 0 Å². The first-order valence-electron chi connectivity index (χ1n) is 31.1. The third-order valence-corrected chi connectivity index (χ3v) is 40.6. The predicted molar refractivity (Wildman–Crippen MR) is 267 cm³/mol. The third-order valence-electron chi connectivity index (χ3n) is 31.9. The Bertz CT molecular complexity index is 1970. The molecule has 0 aromatic heterocycles. The van der Waals surface area contributed by atoms with Crippen molar-refractivity contribution >= 4 is 15.8 Å². The zero-order chi connectivity index (χ0) is 41.7. The summed E-state index contributed by atoms with van der Waals surface area (Å²) < 4.78 is 0. The highest BCUT2D eigenvalue weighted by molar-refractivity contribution is 7.61. The minimum Gasteiger partial charge on any atom is -0.0883 e. The molecule has 28 saturated carbocycles. The number of benzene rings is 1. The average molecular weight is 915 g/mol. The van der Waals surface area contributed by atoms with Crippen molar-refractivity contribution in [3.63, 3.8) is 0 Å². The standard InChI is InChI=1S/C64H84P2/c1-2-4-40(30-66(63-27-37-13-49-43-7-33(21-57(49)63)22-58(63)50(43)14-37)64-28-38-15-51-44-8-34(23-59(51)64)24-60(64)52(44)16-38)39(3-1)29-65(61-25-35-9-45-41-5-31(17-53(45)61)18-54(61)46(41)10-35)62-26-36-11-47-42-6-32(19-55(47)62)20-56(62)48(42)12-36/h1-4,31-38,41-60H,5-30H2/t31?,32?,33?,34?,35?,36?,37?,38?,41?,42?,43?,44?,45-,46?,47-,48?,49-,50?,51-,52?,53+,54?,55+,56?,57+,58?,59+,60?,61?,62?,63?,64?,65?,66?/m0/s1. The van der Waals surface area contributed by atoms with Gasteiger partial charge in [0.25, 0.3) is 0 Å². The van der Waals surface area contributed by atoms with Gasteiger partial charge in [-0.3, -0.25) is 0 Å². The Kier molecular flexibility index (Phi) is 6.79. The largest absolute Gasteiger partial charge is 0.0883 e. The van der Waals surface area contributed by atoms with E-state index in [0.717, 1.165) is 163 Å². The minimum atomic E-state index is -0.0562. The van der Waals surface area contributed by atoms with E-state index in [1.807, 2.05) is 0 Å². The first-order valence-corrected chi connectivity index (χ1v) is 34.1. The Labute approximate surface area is 401 Å². The molecule has 29 rings (SSSR count). The molecule has 1 aromatic rings. The molecule has 28 aliphatic carbocycles. The fourth-order valence-electron chi connectivity index (χ4n) is 32.2. The molecule has 0 aliphatic heterocycles. The third kappa shape index (κ3) is 3.92. The molecule has 32 bridgehead atoms. The molecule has 28 aliphatic rings. The van der Waals surface area contributed by atoms with Gasteiger partial charge in [0.2, 0.25) is 0 Å². The lowest BCUT2D eigenvalue weighted by Crippen LogP contribution is -2.75. The summed E-state index contributed by atoms with van der Waals surface area (Å²) in [7, 11) is -0.112. The van der Waals surface area contributed by atoms with Crippen molar-refractivity contribution in [2.24, 2.45) is 166 Å². The van der Waals surface area contributed by atoms with Crippen LogP contribution in [0.1, 0.15) is 165 Å². The van der Waals surface area contributed by atoms with Crippen LogP contribution in [0.2, 0.25) is 0 Å². The van der Waals surface area contributed by atoms with Crippen molar-refractivity contribution in [1.29, 1.82) is 0 Å². The van der Waals surface area contributed by atoms with Crippen molar-refractivity contribution in [3.05, 3.63) is 35.4 Å². The van der Waals surface area contributed by atoms with E-state index >= 15 is 0 Å². The van der Waals surface area contributed by atoms with Crippen LogP contribution in [-0.2, 0) is 12.3 Å². The van der Waals surface area contributed by atoms with Crippen LogP contribution in [0.5, 0.6) is 0 Å². The van der Waals surface area contributed by atoms with Crippen LogP contribution in [-0.4, -0.2) is 20.6 Å². The molecule has 0 N–H and O–H groups in total. The highest BCUT2D eigenvalue weighted by atomic mass is 31.1. The van der Waals surface area contributed by atoms with Crippen LogP contribution < -0.4 is 0 Å². The molecule has 350 valence electrons. The van der Waals surface area contributed by atoms with Crippen molar-refractivity contribution in [1.82, 2.24) is 0 Å². The first-order chi connectivity index (χ1) is 32.5. The maximum absolute atomic E-state index is 2.95. The molecule has 24 unspecified atom stereocenters. The summed E-state index contributed by atoms with van der Waals surface area (Å²) in [4.78, 5) is 0. The lowest BCUT2D eigenvalue weighted by molar-refractivity contribution is -0.203. The second kappa shape index (κ2) is 11.9. The Morgan fingerprint density at radius 1 is 0.273 bits per heavy atom. The maximum atomic E-state index is 2.95. The normalized spacial score (nSPS) is 69.2. The number of hydrogen-bond donors (Lipinski definition) is 0. The Balaban J connectivity index is 0.760. The molecule has 32 atom stereocenters. The van der Waals surface area contributed by atoms with Crippen molar-refractivity contribution in [2.45, 2.75) is 187 Å². The molecule has 2 heteroatoms. The first kappa shape index (κ1) is 37.8. The van der Waals surface area contributed by atoms with Crippen molar-refractivity contribution in [3.8, 4) is 0 Å². The van der Waals surface area contributed by atoms with Gasteiger partial charge in [0.05, 0.1) is 0 Å². The predicted octanol–water partition coefficient (Wildman–Crippen LogP) is 15.5. The lowest BCUT2D eigenvalue weighted by Gasteiger charge is -2.82. The lowest BCUT2D eigenvalue weighted by atomic mass is 9.35. The summed E-state index contributed by atoms with van der Waals surface area (Å²) in [5.41, 5.74) is 4.12. The molecule has 0 radical (unpaired) electrons. The second-order valence-corrected chi connectivity index (χ2v) is 37.9. The van der Waals surface area contributed by atoms with Gasteiger partial charge in [0.15, 0.2) is 0 Å². The van der Waals surface area contributed by atoms with Gasteiger partial charge in [-0.15, -0.1) is 0 Å². The smallest absolute Gasteiger partial charge is 0.00215 e. The average Bonchev–Trinajstić information content (AvgIpc) is 3.35. The molecular formula is C64H84P2. The molecule has 0 spiro atoms. The Morgan fingerprint density at radius 3 is 0.712 bits per heavy atom. The summed E-state index contributed by atoms with van der Waals surface area (Å²) in [6.07, 6.45) is 44.2. The van der Waals surface area contributed by atoms with E-state index in [-0.39, 0.29) is 15.8 Å². The maximum Gasteiger partial charge on any atom is -0.00215 e. The number of hydrogen-bond acceptors (Lipinski definition) is 0. The fourth-order valence-corrected chi connectivity index (χ4v) is 43.8. The van der Waals surface area contributed by atoms with Crippen LogP contribution in [0, 0.1) is 166 Å². The SMILES string of the molecule is c1ccc(CP(C23CC4CC5C6CC(CC52)C[C@@H]3[C@H]6C4)C23CC4CC5C6CC(CC52)C[C@@H]3[C@H]6C4)c(CP(C23CC4CC5C6CC(CC52)C[C@@H]3[C@H]6C4)C23CC4CC5C6CC(CC52)C[C@@H]3[C@H]6C4)c1. The summed E-state index contributed by atoms with van der Waals surface area (Å²) in [6, 6.07) is 11.2. The zero-order valence-corrected chi connectivity index (χ0v) is 42.5. The molecule has 0 nitrogen and oxygen atoms in total. The number of rotatable bonds is 8. The molecule has 66 heavy (non-hydrogen) atoms. The van der Waals surface area contributed by atoms with Gasteiger partial charge >= 0.3 is 0 Å². The van der Waals surface area contributed by atoms with Crippen LogP contribution >= 0.6 is 15.8 Å². The van der Waals surface area contributed by atoms with E-state index in [9.17, 15) is 0 Å². The highest BCUT2D eigenvalue weighted by Gasteiger charge is 2.81. The fraction of sp³-hybridized carbons (Fsp3) is 0.906. The van der Waals surface area contributed by atoms with E-state index in [4.69, 9.17) is 0 Å². The molecule has 0 amide bonds.